The van der Waals surface area contributed by atoms with Crippen LogP contribution in [0.15, 0.2) is 23.1 Å². The first kappa shape index (κ1) is 15.0. The summed E-state index contributed by atoms with van der Waals surface area (Å²) in [5.41, 5.74) is -0.487. The fourth-order valence-electron chi connectivity index (χ4n) is 1.93. The van der Waals surface area contributed by atoms with Gasteiger partial charge in [0.2, 0.25) is 5.43 Å². The molecular weight excluding hydrogens is 284 g/mol. The Balaban J connectivity index is 2.64. The number of rotatable bonds is 3. The van der Waals surface area contributed by atoms with Crippen molar-refractivity contribution < 1.29 is 23.0 Å². The second-order valence-corrected chi connectivity index (χ2v) is 4.18. The van der Waals surface area contributed by atoms with E-state index < -0.39 is 23.2 Å². The van der Waals surface area contributed by atoms with Crippen LogP contribution in [0.3, 0.4) is 0 Å². The lowest BCUT2D eigenvalue weighted by Crippen LogP contribution is -2.18. The zero-order chi connectivity index (χ0) is 15.6. The van der Waals surface area contributed by atoms with E-state index in [1.54, 1.807) is 13.8 Å². The molecule has 5 nitrogen and oxygen atoms in total. The van der Waals surface area contributed by atoms with Crippen molar-refractivity contribution in [1.29, 1.82) is 0 Å². The minimum atomic E-state index is -1.14. The van der Waals surface area contributed by atoms with Gasteiger partial charge in [-0.1, -0.05) is 0 Å². The summed E-state index contributed by atoms with van der Waals surface area (Å²) in [6, 6.07) is 1.72. The first-order valence-corrected chi connectivity index (χ1v) is 6.34. The first-order valence-electron chi connectivity index (χ1n) is 6.34. The third-order valence-electron chi connectivity index (χ3n) is 2.89. The van der Waals surface area contributed by atoms with Crippen LogP contribution < -0.4 is 10.2 Å². The molecule has 0 radical (unpaired) electrons. The molecule has 0 aliphatic heterocycles. The SMILES string of the molecule is CCOC(=O)Oc1cn(CC)c2cc(F)c(F)cc2c1=O. The number of benzene rings is 1. The van der Waals surface area contributed by atoms with Crippen LogP contribution >= 0.6 is 0 Å². The quantitative estimate of drug-likeness (QED) is 0.817. The Bertz CT molecular complexity index is 755. The smallest absolute Gasteiger partial charge is 0.434 e. The maximum absolute atomic E-state index is 13.3. The number of carbonyl (C=O) groups excluding carboxylic acids is 1. The fourth-order valence-corrected chi connectivity index (χ4v) is 1.93. The van der Waals surface area contributed by atoms with Crippen molar-refractivity contribution in [3.8, 4) is 5.75 Å². The lowest BCUT2D eigenvalue weighted by Gasteiger charge is -2.11. The number of aromatic nitrogens is 1. The van der Waals surface area contributed by atoms with E-state index in [9.17, 15) is 18.4 Å². The molecule has 112 valence electrons. The molecule has 0 unspecified atom stereocenters. The molecule has 0 spiro atoms. The average molecular weight is 297 g/mol. The summed E-state index contributed by atoms with van der Waals surface area (Å²) in [5.74, 6) is -2.49. The molecule has 0 saturated heterocycles. The molecule has 0 aliphatic rings. The molecule has 0 amide bonds. The normalized spacial score (nSPS) is 10.7. The van der Waals surface area contributed by atoms with Crippen molar-refractivity contribution in [2.45, 2.75) is 20.4 Å². The van der Waals surface area contributed by atoms with E-state index in [4.69, 9.17) is 4.74 Å². The fraction of sp³-hybridized carbons (Fsp3) is 0.286. The summed E-state index contributed by atoms with van der Waals surface area (Å²) < 4.78 is 37.5. The monoisotopic (exact) mass is 297 g/mol. The van der Waals surface area contributed by atoms with Crippen LogP contribution in [0.25, 0.3) is 10.9 Å². The highest BCUT2D eigenvalue weighted by atomic mass is 19.2. The van der Waals surface area contributed by atoms with Crippen molar-refractivity contribution in [1.82, 2.24) is 4.57 Å². The summed E-state index contributed by atoms with van der Waals surface area (Å²) in [6.45, 7) is 3.80. The van der Waals surface area contributed by atoms with Crippen molar-refractivity contribution in [3.63, 3.8) is 0 Å². The van der Waals surface area contributed by atoms with Crippen molar-refractivity contribution in [2.75, 3.05) is 6.61 Å². The van der Waals surface area contributed by atoms with E-state index in [1.165, 1.54) is 10.8 Å². The highest BCUT2D eigenvalue weighted by molar-refractivity contribution is 5.81. The summed E-state index contributed by atoms with van der Waals surface area (Å²) in [7, 11) is 0. The molecule has 2 rings (SSSR count). The molecule has 21 heavy (non-hydrogen) atoms. The molecule has 0 fully saturated rings. The Labute approximate surface area is 118 Å². The van der Waals surface area contributed by atoms with Gasteiger partial charge >= 0.3 is 6.16 Å². The number of carbonyl (C=O) groups is 1. The van der Waals surface area contributed by atoms with Crippen LogP contribution in [0, 0.1) is 11.6 Å². The van der Waals surface area contributed by atoms with Crippen molar-refractivity contribution in [3.05, 3.63) is 40.2 Å². The zero-order valence-electron chi connectivity index (χ0n) is 11.5. The predicted molar refractivity (Wildman–Crippen MR) is 71.4 cm³/mol. The highest BCUT2D eigenvalue weighted by Gasteiger charge is 2.16. The summed E-state index contributed by atoms with van der Waals surface area (Å²) in [4.78, 5) is 23.5. The topological polar surface area (TPSA) is 57.5 Å². The van der Waals surface area contributed by atoms with Gasteiger partial charge < -0.3 is 14.0 Å². The van der Waals surface area contributed by atoms with Gasteiger partial charge in [0.15, 0.2) is 17.4 Å². The van der Waals surface area contributed by atoms with E-state index in [0.29, 0.717) is 6.54 Å². The molecule has 1 heterocycles. The average Bonchev–Trinajstić information content (AvgIpc) is 2.44. The van der Waals surface area contributed by atoms with Crippen LogP contribution in [0.1, 0.15) is 13.8 Å². The molecule has 1 aromatic heterocycles. The molecule has 1 aromatic carbocycles. The van der Waals surface area contributed by atoms with Gasteiger partial charge in [-0.2, -0.15) is 0 Å². The van der Waals surface area contributed by atoms with Gasteiger partial charge in [-0.05, 0) is 19.9 Å². The third kappa shape index (κ3) is 2.86. The Morgan fingerprint density at radius 2 is 1.90 bits per heavy atom. The van der Waals surface area contributed by atoms with Gasteiger partial charge in [-0.3, -0.25) is 4.79 Å². The molecule has 2 aromatic rings. The number of hydrogen-bond acceptors (Lipinski definition) is 4. The van der Waals surface area contributed by atoms with Crippen LogP contribution in [0.4, 0.5) is 13.6 Å². The molecule has 0 atom stereocenters. The summed E-state index contributed by atoms with van der Waals surface area (Å²) in [5, 5.41) is -0.0717. The van der Waals surface area contributed by atoms with Crippen LogP contribution in [-0.2, 0) is 11.3 Å². The van der Waals surface area contributed by atoms with Gasteiger partial charge in [0, 0.05) is 12.6 Å². The van der Waals surface area contributed by atoms with Crippen molar-refractivity contribution in [2.24, 2.45) is 0 Å². The number of hydrogen-bond donors (Lipinski definition) is 0. The maximum atomic E-state index is 13.3. The number of pyridine rings is 1. The second-order valence-electron chi connectivity index (χ2n) is 4.18. The van der Waals surface area contributed by atoms with E-state index >= 15 is 0 Å². The molecule has 0 saturated carbocycles. The molecule has 0 N–H and O–H groups in total. The first-order chi connectivity index (χ1) is 9.97. The van der Waals surface area contributed by atoms with Gasteiger partial charge in [-0.25, -0.2) is 13.6 Å². The minimum absolute atomic E-state index is 0.0717. The van der Waals surface area contributed by atoms with Gasteiger partial charge in [-0.15, -0.1) is 0 Å². The summed E-state index contributed by atoms with van der Waals surface area (Å²) in [6.07, 6.45) is 0.234. The minimum Gasteiger partial charge on any atom is -0.434 e. The highest BCUT2D eigenvalue weighted by Crippen LogP contribution is 2.19. The van der Waals surface area contributed by atoms with Crippen LogP contribution in [0.2, 0.25) is 0 Å². The number of halogens is 2. The van der Waals surface area contributed by atoms with E-state index in [-0.39, 0.29) is 23.3 Å². The lowest BCUT2D eigenvalue weighted by molar-refractivity contribution is 0.104. The molecule has 0 bridgehead atoms. The number of nitrogens with zero attached hydrogens (tertiary/aromatic N) is 1. The number of aryl methyl sites for hydroxylation is 1. The molecule has 7 heteroatoms. The number of fused-ring (bicyclic) bond motifs is 1. The number of ether oxygens (including phenoxy) is 2. The Morgan fingerprint density at radius 3 is 2.52 bits per heavy atom. The standard InChI is InChI=1S/C14H13F2NO4/c1-3-17-7-12(21-14(19)20-4-2)13(18)8-5-9(15)10(16)6-11(8)17/h5-7H,3-4H2,1-2H3. The zero-order valence-corrected chi connectivity index (χ0v) is 11.5. The lowest BCUT2D eigenvalue weighted by atomic mass is 10.2. The molecule has 0 aliphatic carbocycles. The van der Waals surface area contributed by atoms with Gasteiger partial charge in [0.05, 0.1) is 23.7 Å². The largest absolute Gasteiger partial charge is 0.514 e. The maximum Gasteiger partial charge on any atom is 0.514 e. The predicted octanol–water partition coefficient (Wildman–Crippen LogP) is 2.83. The Morgan fingerprint density at radius 1 is 1.24 bits per heavy atom. The Kier molecular flexibility index (Phi) is 4.21. The van der Waals surface area contributed by atoms with E-state index in [1.807, 2.05) is 0 Å². The van der Waals surface area contributed by atoms with Crippen LogP contribution in [-0.4, -0.2) is 17.3 Å². The van der Waals surface area contributed by atoms with Crippen LogP contribution in [0.5, 0.6) is 5.75 Å². The summed E-state index contributed by atoms with van der Waals surface area (Å²) >= 11 is 0. The van der Waals surface area contributed by atoms with Gasteiger partial charge in [0.1, 0.15) is 0 Å². The molecular formula is C14H13F2NO4. The third-order valence-corrected chi connectivity index (χ3v) is 2.89. The van der Waals surface area contributed by atoms with Gasteiger partial charge in [0.25, 0.3) is 0 Å². The second kappa shape index (κ2) is 5.90. The Hall–Kier alpha value is -2.44. The van der Waals surface area contributed by atoms with E-state index in [2.05, 4.69) is 4.74 Å². The van der Waals surface area contributed by atoms with Crippen molar-refractivity contribution >= 4 is 17.1 Å². The van der Waals surface area contributed by atoms with E-state index in [0.717, 1.165) is 12.1 Å².